The van der Waals surface area contributed by atoms with Crippen LogP contribution in [-0.4, -0.2) is 20.1 Å². The molecule has 0 radical (unpaired) electrons. The normalized spacial score (nSPS) is 12.1. The zero-order chi connectivity index (χ0) is 24.5. The Hall–Kier alpha value is -4.32. The lowest BCUT2D eigenvalue weighted by Crippen LogP contribution is -2.26. The van der Waals surface area contributed by atoms with Gasteiger partial charge in [0, 0.05) is 29.7 Å². The summed E-state index contributed by atoms with van der Waals surface area (Å²) in [5.74, 6) is -0.0929. The lowest BCUT2D eigenvalue weighted by atomic mass is 9.96. The highest BCUT2D eigenvalue weighted by Crippen LogP contribution is 2.29. The van der Waals surface area contributed by atoms with Gasteiger partial charge in [0.05, 0.1) is 11.4 Å². The van der Waals surface area contributed by atoms with Crippen LogP contribution in [0, 0.1) is 6.92 Å². The number of aromatic amines is 1. The Labute approximate surface area is 203 Å². The molecule has 6 heteroatoms. The molecule has 0 saturated carbocycles. The SMILES string of the molecule is CCc1cccc2c(C(=O)C(Nc3c(C)n(C)n(-c4ccccc4)c3=O)c3ccccc3)c[nH]c12. The number of carbonyl (C=O) groups excluding carboxylic acids is 1. The van der Waals surface area contributed by atoms with E-state index in [0.717, 1.165) is 39.8 Å². The molecule has 0 spiro atoms. The molecule has 3 aromatic carbocycles. The van der Waals surface area contributed by atoms with Gasteiger partial charge < -0.3 is 10.3 Å². The monoisotopic (exact) mass is 464 g/mol. The molecule has 0 saturated heterocycles. The van der Waals surface area contributed by atoms with E-state index in [9.17, 15) is 9.59 Å². The molecule has 0 aliphatic carbocycles. The highest BCUT2D eigenvalue weighted by atomic mass is 16.1. The molecule has 2 N–H and O–H groups in total. The number of para-hydroxylation sites is 2. The average molecular weight is 465 g/mol. The zero-order valence-electron chi connectivity index (χ0n) is 20.1. The molecule has 6 nitrogen and oxygen atoms in total. The largest absolute Gasteiger partial charge is 0.365 e. The first-order chi connectivity index (χ1) is 17.0. The molecule has 0 aliphatic heterocycles. The molecule has 1 atom stereocenters. The van der Waals surface area contributed by atoms with E-state index < -0.39 is 6.04 Å². The Morgan fingerprint density at radius 1 is 0.971 bits per heavy atom. The maximum absolute atomic E-state index is 14.0. The van der Waals surface area contributed by atoms with Crippen molar-refractivity contribution in [2.24, 2.45) is 7.05 Å². The molecule has 0 aliphatic rings. The Morgan fingerprint density at radius 3 is 2.34 bits per heavy atom. The number of anilines is 1. The maximum Gasteiger partial charge on any atom is 0.295 e. The van der Waals surface area contributed by atoms with E-state index in [2.05, 4.69) is 23.3 Å². The van der Waals surface area contributed by atoms with Crippen molar-refractivity contribution in [3.05, 3.63) is 118 Å². The minimum atomic E-state index is -0.724. The van der Waals surface area contributed by atoms with Crippen LogP contribution in [0.3, 0.4) is 0 Å². The Bertz CT molecular complexity index is 1560. The van der Waals surface area contributed by atoms with Crippen molar-refractivity contribution in [1.82, 2.24) is 14.3 Å². The summed E-state index contributed by atoms with van der Waals surface area (Å²) in [6.45, 7) is 3.98. The van der Waals surface area contributed by atoms with Crippen molar-refractivity contribution in [2.75, 3.05) is 5.32 Å². The number of ketones is 1. The number of aromatic nitrogens is 3. The summed E-state index contributed by atoms with van der Waals surface area (Å²) in [7, 11) is 1.85. The molecule has 2 aromatic heterocycles. The van der Waals surface area contributed by atoms with E-state index in [0.29, 0.717) is 11.3 Å². The topological polar surface area (TPSA) is 71.8 Å². The van der Waals surface area contributed by atoms with Gasteiger partial charge >= 0.3 is 0 Å². The first kappa shape index (κ1) is 22.5. The summed E-state index contributed by atoms with van der Waals surface area (Å²) in [6, 6.07) is 24.3. The standard InChI is InChI=1S/C29H28N4O2/c1-4-20-14-11-17-23-24(18-30-26(20)23)28(34)27(21-12-7-5-8-13-21)31-25-19(2)32(3)33(29(25)35)22-15-9-6-10-16-22/h5-18,27,30-31H,4H2,1-3H3. The predicted octanol–water partition coefficient (Wildman–Crippen LogP) is 5.56. The molecule has 1 unspecified atom stereocenters. The second kappa shape index (κ2) is 9.14. The van der Waals surface area contributed by atoms with Gasteiger partial charge in [0.15, 0.2) is 5.78 Å². The van der Waals surface area contributed by atoms with Gasteiger partial charge in [-0.25, -0.2) is 4.68 Å². The number of H-pyrrole nitrogens is 1. The first-order valence-electron chi connectivity index (χ1n) is 11.8. The van der Waals surface area contributed by atoms with E-state index in [1.807, 2.05) is 91.4 Å². The van der Waals surface area contributed by atoms with Gasteiger partial charge in [-0.05, 0) is 36.6 Å². The third kappa shape index (κ3) is 3.87. The minimum Gasteiger partial charge on any atom is -0.365 e. The lowest BCUT2D eigenvalue weighted by Gasteiger charge is -2.18. The van der Waals surface area contributed by atoms with Gasteiger partial charge in [-0.15, -0.1) is 0 Å². The van der Waals surface area contributed by atoms with Crippen LogP contribution < -0.4 is 10.9 Å². The van der Waals surface area contributed by atoms with Gasteiger partial charge in [-0.2, -0.15) is 0 Å². The molecular weight excluding hydrogens is 436 g/mol. The number of hydrogen-bond acceptors (Lipinski definition) is 3. The van der Waals surface area contributed by atoms with Crippen LogP contribution in [0.25, 0.3) is 16.6 Å². The Kier molecular flexibility index (Phi) is 5.87. The predicted molar refractivity (Wildman–Crippen MR) is 141 cm³/mol. The quantitative estimate of drug-likeness (QED) is 0.310. The lowest BCUT2D eigenvalue weighted by molar-refractivity contribution is 0.0971. The van der Waals surface area contributed by atoms with Gasteiger partial charge in [0.1, 0.15) is 11.7 Å². The van der Waals surface area contributed by atoms with Crippen molar-refractivity contribution in [3.63, 3.8) is 0 Å². The summed E-state index contributed by atoms with van der Waals surface area (Å²) in [4.78, 5) is 30.9. The number of aryl methyl sites for hydroxylation is 1. The fourth-order valence-corrected chi connectivity index (χ4v) is 4.70. The molecule has 0 bridgehead atoms. The van der Waals surface area contributed by atoms with Crippen molar-refractivity contribution < 1.29 is 4.79 Å². The average Bonchev–Trinajstić information content (AvgIpc) is 3.42. The van der Waals surface area contributed by atoms with Crippen molar-refractivity contribution in [3.8, 4) is 5.69 Å². The number of benzene rings is 3. The van der Waals surface area contributed by atoms with E-state index in [1.54, 1.807) is 10.9 Å². The summed E-state index contributed by atoms with van der Waals surface area (Å²) in [6.07, 6.45) is 2.65. The molecular formula is C29H28N4O2. The number of nitrogens with one attached hydrogen (secondary N) is 2. The smallest absolute Gasteiger partial charge is 0.295 e. The number of fused-ring (bicyclic) bond motifs is 1. The fraction of sp³-hybridized carbons (Fsp3) is 0.172. The molecule has 2 heterocycles. The van der Waals surface area contributed by atoms with Crippen molar-refractivity contribution in [2.45, 2.75) is 26.3 Å². The molecule has 176 valence electrons. The number of hydrogen-bond donors (Lipinski definition) is 2. The van der Waals surface area contributed by atoms with Crippen LogP contribution in [0.5, 0.6) is 0 Å². The van der Waals surface area contributed by atoms with Gasteiger partial charge in [0.25, 0.3) is 5.56 Å². The van der Waals surface area contributed by atoms with Crippen LogP contribution in [0.1, 0.15) is 40.1 Å². The van der Waals surface area contributed by atoms with Gasteiger partial charge in [-0.1, -0.05) is 73.7 Å². The summed E-state index contributed by atoms with van der Waals surface area (Å²) < 4.78 is 3.43. The van der Waals surface area contributed by atoms with Gasteiger partial charge in [0.2, 0.25) is 0 Å². The number of carbonyl (C=O) groups is 1. The van der Waals surface area contributed by atoms with Gasteiger partial charge in [-0.3, -0.25) is 14.3 Å². The van der Waals surface area contributed by atoms with Crippen molar-refractivity contribution >= 4 is 22.4 Å². The van der Waals surface area contributed by atoms with E-state index >= 15 is 0 Å². The number of Topliss-reactive ketones (excluding diaryl/α,β-unsaturated/α-hetero) is 1. The van der Waals surface area contributed by atoms with E-state index in [1.165, 1.54) is 0 Å². The Balaban J connectivity index is 1.62. The summed E-state index contributed by atoms with van der Waals surface area (Å²) in [5, 5.41) is 4.22. The summed E-state index contributed by atoms with van der Waals surface area (Å²) in [5.41, 5.74) is 5.27. The van der Waals surface area contributed by atoms with E-state index in [4.69, 9.17) is 0 Å². The molecule has 5 rings (SSSR count). The second-order valence-corrected chi connectivity index (χ2v) is 8.68. The maximum atomic E-state index is 14.0. The zero-order valence-corrected chi connectivity index (χ0v) is 20.1. The summed E-state index contributed by atoms with van der Waals surface area (Å²) >= 11 is 0. The molecule has 5 aromatic rings. The Morgan fingerprint density at radius 2 is 1.66 bits per heavy atom. The molecule has 0 fully saturated rings. The second-order valence-electron chi connectivity index (χ2n) is 8.68. The van der Waals surface area contributed by atoms with Crippen molar-refractivity contribution in [1.29, 1.82) is 0 Å². The number of rotatable bonds is 7. The van der Waals surface area contributed by atoms with Crippen LogP contribution in [0.15, 0.2) is 89.9 Å². The third-order valence-electron chi connectivity index (χ3n) is 6.69. The van der Waals surface area contributed by atoms with Crippen LogP contribution >= 0.6 is 0 Å². The van der Waals surface area contributed by atoms with Crippen LogP contribution in [-0.2, 0) is 13.5 Å². The minimum absolute atomic E-state index is 0.0929. The number of nitrogens with zero attached hydrogens (tertiary/aromatic N) is 2. The van der Waals surface area contributed by atoms with E-state index in [-0.39, 0.29) is 11.3 Å². The third-order valence-corrected chi connectivity index (χ3v) is 6.69. The first-order valence-corrected chi connectivity index (χ1v) is 11.8. The highest BCUT2D eigenvalue weighted by molar-refractivity contribution is 6.12. The van der Waals surface area contributed by atoms with Crippen LogP contribution in [0.2, 0.25) is 0 Å². The van der Waals surface area contributed by atoms with Crippen LogP contribution in [0.4, 0.5) is 5.69 Å². The fourth-order valence-electron chi connectivity index (χ4n) is 4.70. The molecule has 0 amide bonds. The molecule has 35 heavy (non-hydrogen) atoms. The highest BCUT2D eigenvalue weighted by Gasteiger charge is 2.28.